The predicted octanol–water partition coefficient (Wildman–Crippen LogP) is 1.65. The fourth-order valence-corrected chi connectivity index (χ4v) is 3.92. The summed E-state index contributed by atoms with van der Waals surface area (Å²) in [5, 5.41) is 4.05. The van der Waals surface area contributed by atoms with Crippen LogP contribution >= 0.6 is 0 Å². The summed E-state index contributed by atoms with van der Waals surface area (Å²) < 4.78 is 15.1. The fraction of sp³-hybridized carbons (Fsp3) is 0.304. The maximum Gasteiger partial charge on any atom is 0.351 e. The van der Waals surface area contributed by atoms with E-state index in [2.05, 4.69) is 35.1 Å². The summed E-state index contributed by atoms with van der Waals surface area (Å²) in [6.07, 6.45) is 0. The lowest BCUT2D eigenvalue weighted by molar-refractivity contribution is 0.0735. The zero-order valence-corrected chi connectivity index (χ0v) is 18.2. The van der Waals surface area contributed by atoms with Crippen LogP contribution in [0.3, 0.4) is 0 Å². The van der Waals surface area contributed by atoms with Gasteiger partial charge in [-0.05, 0) is 49.7 Å². The molecule has 0 saturated carbocycles. The van der Waals surface area contributed by atoms with Gasteiger partial charge in [0.15, 0.2) is 0 Å². The number of carbonyl (C=O) groups excluding carboxylic acids is 1. The van der Waals surface area contributed by atoms with Gasteiger partial charge in [-0.1, -0.05) is 17.7 Å². The van der Waals surface area contributed by atoms with Crippen LogP contribution in [-0.2, 0) is 7.05 Å². The minimum absolute atomic E-state index is 0.265. The van der Waals surface area contributed by atoms with Crippen LogP contribution in [0.25, 0.3) is 5.69 Å². The molecular weight excluding hydrogens is 413 g/mol. The number of amides is 1. The molecule has 1 fully saturated rings. The van der Waals surface area contributed by atoms with Gasteiger partial charge in [0.2, 0.25) is 5.69 Å². The minimum Gasteiger partial charge on any atom is -0.368 e. The Kier molecular flexibility index (Phi) is 5.65. The molecule has 166 valence electrons. The summed E-state index contributed by atoms with van der Waals surface area (Å²) in [5.74, 6) is -0.994. The first-order valence-electron chi connectivity index (χ1n) is 10.3. The first kappa shape index (κ1) is 21.5. The quantitative estimate of drug-likeness (QED) is 0.623. The Morgan fingerprint density at radius 2 is 1.62 bits per heavy atom. The van der Waals surface area contributed by atoms with E-state index >= 15 is 0 Å². The molecule has 0 aliphatic carbocycles. The maximum absolute atomic E-state index is 13.3. The number of aromatic nitrogens is 3. The molecule has 8 nitrogen and oxygen atoms in total. The van der Waals surface area contributed by atoms with Crippen LogP contribution < -0.4 is 16.1 Å². The summed E-state index contributed by atoms with van der Waals surface area (Å²) in [6.45, 7) is 6.19. The van der Waals surface area contributed by atoms with Crippen LogP contribution in [0.4, 0.5) is 10.1 Å². The number of hydrogen-bond donors (Lipinski definition) is 0. The standard InChI is InChI=1S/C23H24FN5O3/c1-15-4-9-19(16(2)14-15)27-10-12-28(13-11-27)22(31)20-21(30)26(3)23(32)29(25-20)18-7-5-17(24)6-8-18/h4-9,14H,10-13H2,1-3H3. The molecule has 1 amide bonds. The van der Waals surface area contributed by atoms with Gasteiger partial charge in [-0.3, -0.25) is 14.2 Å². The molecule has 0 radical (unpaired) electrons. The van der Waals surface area contributed by atoms with Gasteiger partial charge in [0.05, 0.1) is 5.69 Å². The molecule has 3 aromatic rings. The van der Waals surface area contributed by atoms with E-state index in [1.807, 2.05) is 6.92 Å². The number of rotatable bonds is 3. The van der Waals surface area contributed by atoms with Crippen LogP contribution in [0.5, 0.6) is 0 Å². The number of halogens is 1. The first-order valence-corrected chi connectivity index (χ1v) is 10.3. The van der Waals surface area contributed by atoms with Gasteiger partial charge < -0.3 is 9.80 Å². The van der Waals surface area contributed by atoms with Gasteiger partial charge in [-0.15, -0.1) is 0 Å². The van der Waals surface area contributed by atoms with E-state index in [4.69, 9.17) is 0 Å². The number of benzene rings is 2. The fourth-order valence-electron chi connectivity index (χ4n) is 3.92. The van der Waals surface area contributed by atoms with Crippen LogP contribution in [0, 0.1) is 19.7 Å². The average molecular weight is 437 g/mol. The lowest BCUT2D eigenvalue weighted by Gasteiger charge is -2.36. The van der Waals surface area contributed by atoms with E-state index < -0.39 is 23.0 Å². The van der Waals surface area contributed by atoms with Gasteiger partial charge >= 0.3 is 5.69 Å². The van der Waals surface area contributed by atoms with Gasteiger partial charge in [0.1, 0.15) is 5.82 Å². The predicted molar refractivity (Wildman–Crippen MR) is 119 cm³/mol. The lowest BCUT2D eigenvalue weighted by Crippen LogP contribution is -2.51. The Bertz CT molecular complexity index is 1290. The molecule has 0 bridgehead atoms. The molecule has 0 N–H and O–H groups in total. The molecule has 4 rings (SSSR count). The number of hydrogen-bond acceptors (Lipinski definition) is 5. The summed E-state index contributed by atoms with van der Waals surface area (Å²) in [7, 11) is 1.29. The third kappa shape index (κ3) is 3.93. The lowest BCUT2D eigenvalue weighted by atomic mass is 10.1. The Hall–Kier alpha value is -3.75. The Labute approximate surface area is 184 Å². The van der Waals surface area contributed by atoms with Crippen molar-refractivity contribution in [3.8, 4) is 5.69 Å². The molecule has 1 saturated heterocycles. The van der Waals surface area contributed by atoms with Crippen LogP contribution in [-0.4, -0.2) is 51.3 Å². The normalized spacial score (nSPS) is 14.0. The highest BCUT2D eigenvalue weighted by atomic mass is 19.1. The van der Waals surface area contributed by atoms with Crippen molar-refractivity contribution in [2.75, 3.05) is 31.1 Å². The zero-order valence-electron chi connectivity index (χ0n) is 18.2. The van der Waals surface area contributed by atoms with Crippen molar-refractivity contribution in [1.82, 2.24) is 19.2 Å². The number of aryl methyl sites for hydroxylation is 2. The molecule has 1 aliphatic rings. The highest BCUT2D eigenvalue weighted by Crippen LogP contribution is 2.22. The minimum atomic E-state index is -0.754. The molecule has 2 heterocycles. The van der Waals surface area contributed by atoms with Gasteiger partial charge in [0, 0.05) is 38.9 Å². The number of anilines is 1. The zero-order chi connectivity index (χ0) is 23.0. The molecule has 0 spiro atoms. The van der Waals surface area contributed by atoms with E-state index in [-0.39, 0.29) is 11.4 Å². The highest BCUT2D eigenvalue weighted by molar-refractivity contribution is 5.92. The van der Waals surface area contributed by atoms with E-state index in [9.17, 15) is 18.8 Å². The molecular formula is C23H24FN5O3. The van der Waals surface area contributed by atoms with Gasteiger partial charge in [-0.25, -0.2) is 9.18 Å². The summed E-state index contributed by atoms with van der Waals surface area (Å²) in [4.78, 5) is 42.1. The van der Waals surface area contributed by atoms with Crippen molar-refractivity contribution in [3.05, 3.63) is 85.9 Å². The topological polar surface area (TPSA) is 80.4 Å². The second-order valence-electron chi connectivity index (χ2n) is 7.95. The first-order chi connectivity index (χ1) is 15.3. The van der Waals surface area contributed by atoms with E-state index in [1.165, 1.54) is 42.4 Å². The molecule has 1 aliphatic heterocycles. The van der Waals surface area contributed by atoms with E-state index in [1.54, 1.807) is 4.90 Å². The van der Waals surface area contributed by atoms with Crippen molar-refractivity contribution < 1.29 is 9.18 Å². The summed E-state index contributed by atoms with van der Waals surface area (Å²) in [6, 6.07) is 11.4. The molecule has 0 unspecified atom stereocenters. The van der Waals surface area contributed by atoms with E-state index in [0.29, 0.717) is 26.2 Å². The van der Waals surface area contributed by atoms with Crippen molar-refractivity contribution in [3.63, 3.8) is 0 Å². The Morgan fingerprint density at radius 3 is 2.25 bits per heavy atom. The van der Waals surface area contributed by atoms with E-state index in [0.717, 1.165) is 14.9 Å². The number of piperazine rings is 1. The number of nitrogens with zero attached hydrogens (tertiary/aromatic N) is 5. The van der Waals surface area contributed by atoms with Crippen LogP contribution in [0.2, 0.25) is 0 Å². The highest BCUT2D eigenvalue weighted by Gasteiger charge is 2.27. The smallest absolute Gasteiger partial charge is 0.351 e. The Morgan fingerprint density at radius 1 is 0.969 bits per heavy atom. The third-order valence-electron chi connectivity index (χ3n) is 5.71. The van der Waals surface area contributed by atoms with Crippen LogP contribution in [0.15, 0.2) is 52.1 Å². The molecule has 1 aromatic heterocycles. The Balaban J connectivity index is 1.59. The number of carbonyl (C=O) groups is 1. The van der Waals surface area contributed by atoms with Crippen molar-refractivity contribution in [2.24, 2.45) is 7.05 Å². The third-order valence-corrected chi connectivity index (χ3v) is 5.71. The van der Waals surface area contributed by atoms with Crippen LogP contribution in [0.1, 0.15) is 21.6 Å². The van der Waals surface area contributed by atoms with Crippen molar-refractivity contribution in [1.29, 1.82) is 0 Å². The second-order valence-corrected chi connectivity index (χ2v) is 7.95. The molecule has 32 heavy (non-hydrogen) atoms. The summed E-state index contributed by atoms with van der Waals surface area (Å²) in [5.41, 5.74) is 1.96. The van der Waals surface area contributed by atoms with Crippen molar-refractivity contribution in [2.45, 2.75) is 13.8 Å². The van der Waals surface area contributed by atoms with Gasteiger partial charge in [-0.2, -0.15) is 9.78 Å². The molecule has 0 atom stereocenters. The monoisotopic (exact) mass is 437 g/mol. The average Bonchev–Trinajstić information content (AvgIpc) is 2.78. The second kappa shape index (κ2) is 8.41. The largest absolute Gasteiger partial charge is 0.368 e. The van der Waals surface area contributed by atoms with Crippen molar-refractivity contribution >= 4 is 11.6 Å². The summed E-state index contributed by atoms with van der Waals surface area (Å²) >= 11 is 0. The molecule has 2 aromatic carbocycles. The van der Waals surface area contributed by atoms with Gasteiger partial charge in [0.25, 0.3) is 11.5 Å². The maximum atomic E-state index is 13.3. The SMILES string of the molecule is Cc1ccc(N2CCN(C(=O)c3nn(-c4ccc(F)cc4)c(=O)n(C)c3=O)CC2)c(C)c1. The molecule has 9 heteroatoms.